The molecule has 4 nitrogen and oxygen atoms in total. The Morgan fingerprint density at radius 3 is 2.50 bits per heavy atom. The van der Waals surface area contributed by atoms with Crippen LogP contribution in [0.15, 0.2) is 0 Å². The fraction of sp³-hybridized carbons (Fsp3) is 0.929. The van der Waals surface area contributed by atoms with Gasteiger partial charge >= 0.3 is 6.03 Å². The van der Waals surface area contributed by atoms with Gasteiger partial charge < -0.3 is 15.7 Å². The zero-order valence-electron chi connectivity index (χ0n) is 12.1. The second kappa shape index (κ2) is 6.41. The van der Waals surface area contributed by atoms with Gasteiger partial charge in [0.1, 0.15) is 0 Å². The number of urea groups is 1. The Morgan fingerprint density at radius 1 is 1.39 bits per heavy atom. The second-order valence-electron chi connectivity index (χ2n) is 6.78. The molecular formula is C14H28N2O2. The van der Waals surface area contributed by atoms with Crippen LogP contribution in [0.2, 0.25) is 0 Å². The summed E-state index contributed by atoms with van der Waals surface area (Å²) >= 11 is 0. The van der Waals surface area contributed by atoms with E-state index in [1.54, 1.807) is 0 Å². The molecule has 4 heteroatoms. The molecule has 3 atom stereocenters. The molecule has 0 aliphatic heterocycles. The molecule has 3 N–H and O–H groups in total. The molecule has 0 bridgehead atoms. The largest absolute Gasteiger partial charge is 0.394 e. The third-order valence-electron chi connectivity index (χ3n) is 3.59. The molecule has 1 rings (SSSR count). The molecule has 0 heterocycles. The average Bonchev–Trinajstić information content (AvgIpc) is 2.61. The maximum absolute atomic E-state index is 11.9. The fourth-order valence-corrected chi connectivity index (χ4v) is 2.66. The highest BCUT2D eigenvalue weighted by molar-refractivity contribution is 5.74. The Balaban J connectivity index is 2.37. The molecule has 0 aromatic heterocycles. The summed E-state index contributed by atoms with van der Waals surface area (Å²) in [6.45, 7) is 8.48. The minimum atomic E-state index is -0.165. The van der Waals surface area contributed by atoms with Gasteiger partial charge in [-0.15, -0.1) is 0 Å². The number of nitrogens with one attached hydrogen (secondary N) is 2. The summed E-state index contributed by atoms with van der Waals surface area (Å²) in [7, 11) is 0. The molecule has 0 aromatic rings. The van der Waals surface area contributed by atoms with E-state index < -0.39 is 0 Å². The number of aliphatic hydroxyl groups is 1. The van der Waals surface area contributed by atoms with Crippen molar-refractivity contribution in [1.82, 2.24) is 10.6 Å². The summed E-state index contributed by atoms with van der Waals surface area (Å²) in [5.41, 5.74) is 0.0985. The number of rotatable bonds is 4. The van der Waals surface area contributed by atoms with E-state index in [0.717, 1.165) is 12.8 Å². The molecule has 3 unspecified atom stereocenters. The molecule has 1 fully saturated rings. The lowest BCUT2D eigenvalue weighted by molar-refractivity contribution is 0.188. The fourth-order valence-electron chi connectivity index (χ4n) is 2.66. The molecule has 0 saturated heterocycles. The van der Waals surface area contributed by atoms with E-state index in [1.165, 1.54) is 12.8 Å². The monoisotopic (exact) mass is 256 g/mol. The first-order chi connectivity index (χ1) is 8.31. The van der Waals surface area contributed by atoms with Gasteiger partial charge in [0, 0.05) is 6.04 Å². The predicted octanol–water partition coefficient (Wildman–Crippen LogP) is 2.27. The zero-order chi connectivity index (χ0) is 13.8. The Morgan fingerprint density at radius 2 is 2.06 bits per heavy atom. The number of carbonyl (C=O) groups is 1. The van der Waals surface area contributed by atoms with Crippen molar-refractivity contribution in [3.8, 4) is 0 Å². The number of aliphatic hydroxyl groups excluding tert-OH is 1. The van der Waals surface area contributed by atoms with Crippen molar-refractivity contribution in [2.24, 2.45) is 11.3 Å². The zero-order valence-corrected chi connectivity index (χ0v) is 12.1. The number of amides is 2. The van der Waals surface area contributed by atoms with Gasteiger partial charge in [0.25, 0.3) is 0 Å². The van der Waals surface area contributed by atoms with Gasteiger partial charge in [0.2, 0.25) is 0 Å². The predicted molar refractivity (Wildman–Crippen MR) is 73.4 cm³/mol. The highest BCUT2D eigenvalue weighted by Crippen LogP contribution is 2.25. The molecule has 0 spiro atoms. The highest BCUT2D eigenvalue weighted by atomic mass is 16.3. The quantitative estimate of drug-likeness (QED) is 0.722. The van der Waals surface area contributed by atoms with Crippen molar-refractivity contribution >= 4 is 6.03 Å². The Hall–Kier alpha value is -0.770. The summed E-state index contributed by atoms with van der Waals surface area (Å²) < 4.78 is 0. The third-order valence-corrected chi connectivity index (χ3v) is 3.59. The van der Waals surface area contributed by atoms with Crippen molar-refractivity contribution in [2.75, 3.05) is 6.61 Å². The van der Waals surface area contributed by atoms with Gasteiger partial charge in [-0.05, 0) is 30.6 Å². The van der Waals surface area contributed by atoms with Crippen LogP contribution >= 0.6 is 0 Å². The molecule has 18 heavy (non-hydrogen) atoms. The summed E-state index contributed by atoms with van der Waals surface area (Å²) in [6.07, 6.45) is 4.22. The molecule has 0 radical (unpaired) electrons. The average molecular weight is 256 g/mol. The van der Waals surface area contributed by atoms with E-state index in [-0.39, 0.29) is 24.1 Å². The summed E-state index contributed by atoms with van der Waals surface area (Å²) in [5.74, 6) is 0.561. The van der Waals surface area contributed by atoms with Crippen LogP contribution in [0.1, 0.15) is 53.4 Å². The molecule has 106 valence electrons. The van der Waals surface area contributed by atoms with Gasteiger partial charge in [-0.3, -0.25) is 0 Å². The van der Waals surface area contributed by atoms with E-state index >= 15 is 0 Å². The number of carbonyl (C=O) groups excluding carboxylic acids is 1. The van der Waals surface area contributed by atoms with Crippen LogP contribution in [0.3, 0.4) is 0 Å². The lowest BCUT2D eigenvalue weighted by Gasteiger charge is -2.26. The normalized spacial score (nSPS) is 25.8. The maximum Gasteiger partial charge on any atom is 0.315 e. The molecular weight excluding hydrogens is 228 g/mol. The molecule has 0 aromatic carbocycles. The van der Waals surface area contributed by atoms with Crippen LogP contribution in [0, 0.1) is 11.3 Å². The Labute approximate surface area is 111 Å². The van der Waals surface area contributed by atoms with Crippen molar-refractivity contribution in [2.45, 2.75) is 65.5 Å². The Kier molecular flexibility index (Phi) is 5.45. The van der Waals surface area contributed by atoms with Crippen molar-refractivity contribution in [3.05, 3.63) is 0 Å². The van der Waals surface area contributed by atoms with Crippen LogP contribution in [0.25, 0.3) is 0 Å². The van der Waals surface area contributed by atoms with Gasteiger partial charge in [-0.2, -0.15) is 0 Å². The molecule has 1 aliphatic rings. The topological polar surface area (TPSA) is 61.4 Å². The van der Waals surface area contributed by atoms with E-state index in [1.807, 2.05) is 0 Å². The van der Waals surface area contributed by atoms with Gasteiger partial charge in [-0.25, -0.2) is 4.79 Å². The third kappa shape index (κ3) is 5.25. The first kappa shape index (κ1) is 15.3. The standard InChI is InChI=1S/C14H28N2O2/c1-10-6-5-7-12(10)16-13(18)15-11(9-17)8-14(2,3)4/h10-12,17H,5-9H2,1-4H3,(H2,15,16,18). The minimum absolute atomic E-state index is 0.00902. The smallest absolute Gasteiger partial charge is 0.315 e. The lowest BCUT2D eigenvalue weighted by Crippen LogP contribution is -2.49. The number of hydrogen-bond donors (Lipinski definition) is 3. The SMILES string of the molecule is CC1CCCC1NC(=O)NC(CO)CC(C)(C)C. The van der Waals surface area contributed by atoms with Crippen LogP contribution in [0.5, 0.6) is 0 Å². The Bertz CT molecular complexity index is 273. The van der Waals surface area contributed by atoms with Gasteiger partial charge in [-0.1, -0.05) is 34.1 Å². The summed E-state index contributed by atoms with van der Waals surface area (Å²) in [5, 5.41) is 15.2. The van der Waals surface area contributed by atoms with E-state index in [0.29, 0.717) is 12.0 Å². The van der Waals surface area contributed by atoms with Crippen LogP contribution < -0.4 is 10.6 Å². The van der Waals surface area contributed by atoms with Crippen molar-refractivity contribution in [3.63, 3.8) is 0 Å². The van der Waals surface area contributed by atoms with Crippen molar-refractivity contribution in [1.29, 1.82) is 0 Å². The van der Waals surface area contributed by atoms with E-state index in [4.69, 9.17) is 0 Å². The first-order valence-electron chi connectivity index (χ1n) is 6.99. The van der Waals surface area contributed by atoms with Crippen molar-refractivity contribution < 1.29 is 9.90 Å². The first-order valence-corrected chi connectivity index (χ1v) is 6.99. The van der Waals surface area contributed by atoms with Crippen LogP contribution in [-0.2, 0) is 0 Å². The lowest BCUT2D eigenvalue weighted by atomic mass is 9.88. The van der Waals surface area contributed by atoms with Gasteiger partial charge in [0.15, 0.2) is 0 Å². The highest BCUT2D eigenvalue weighted by Gasteiger charge is 2.26. The minimum Gasteiger partial charge on any atom is -0.394 e. The molecule has 1 saturated carbocycles. The summed E-state index contributed by atoms with van der Waals surface area (Å²) in [6, 6.07) is -0.0160. The second-order valence-corrected chi connectivity index (χ2v) is 6.78. The summed E-state index contributed by atoms with van der Waals surface area (Å²) in [4.78, 5) is 11.9. The van der Waals surface area contributed by atoms with Crippen LogP contribution in [0.4, 0.5) is 4.79 Å². The molecule has 1 aliphatic carbocycles. The van der Waals surface area contributed by atoms with Gasteiger partial charge in [0.05, 0.1) is 12.6 Å². The van der Waals surface area contributed by atoms with E-state index in [9.17, 15) is 9.90 Å². The van der Waals surface area contributed by atoms with E-state index in [2.05, 4.69) is 38.3 Å². The molecule has 2 amide bonds. The maximum atomic E-state index is 11.9. The number of hydrogen-bond acceptors (Lipinski definition) is 2. The van der Waals surface area contributed by atoms with Crippen LogP contribution in [-0.4, -0.2) is 29.8 Å².